The molecule has 1 N–H and O–H groups in total. The molecule has 1 rings (SSSR count). The third kappa shape index (κ3) is 3.20. The molecule has 0 aliphatic carbocycles. The van der Waals surface area contributed by atoms with Gasteiger partial charge in [0.2, 0.25) is 0 Å². The second-order valence-electron chi connectivity index (χ2n) is 3.90. The van der Waals surface area contributed by atoms with Gasteiger partial charge < -0.3 is 5.11 Å². The second kappa shape index (κ2) is 5.17. The molecule has 2 atom stereocenters. The first-order valence-electron chi connectivity index (χ1n) is 5.01. The van der Waals surface area contributed by atoms with E-state index in [1.165, 1.54) is 12.1 Å². The summed E-state index contributed by atoms with van der Waals surface area (Å²) < 4.78 is 24.1. The Balaban J connectivity index is 3.02. The van der Waals surface area contributed by atoms with Crippen molar-refractivity contribution in [2.45, 2.75) is 36.5 Å². The first-order valence-corrected chi connectivity index (χ1v) is 6.94. The molecular weight excluding hydrogens is 248 g/mol. The van der Waals surface area contributed by atoms with E-state index in [9.17, 15) is 13.5 Å². The van der Waals surface area contributed by atoms with E-state index in [0.29, 0.717) is 5.02 Å². The van der Waals surface area contributed by atoms with Crippen LogP contribution in [-0.4, -0.2) is 24.9 Å². The van der Waals surface area contributed by atoms with Crippen LogP contribution in [0, 0.1) is 0 Å². The first-order chi connectivity index (χ1) is 7.34. The zero-order valence-corrected chi connectivity index (χ0v) is 10.8. The number of hydrogen-bond donors (Lipinski definition) is 1. The molecule has 0 bridgehead atoms. The molecule has 0 spiro atoms. The number of hydrogen-bond acceptors (Lipinski definition) is 3. The van der Waals surface area contributed by atoms with Crippen LogP contribution in [-0.2, 0) is 9.84 Å². The maximum Gasteiger partial charge on any atom is 0.181 e. The van der Waals surface area contributed by atoms with E-state index in [-0.39, 0.29) is 11.3 Å². The molecule has 2 unspecified atom stereocenters. The summed E-state index contributed by atoms with van der Waals surface area (Å²) in [6, 6.07) is 6.17. The fourth-order valence-electron chi connectivity index (χ4n) is 1.48. The lowest BCUT2D eigenvalue weighted by molar-refractivity contribution is 0.184. The summed E-state index contributed by atoms with van der Waals surface area (Å²) in [5.74, 6) is 0. The van der Waals surface area contributed by atoms with E-state index >= 15 is 0 Å². The summed E-state index contributed by atoms with van der Waals surface area (Å²) in [6.45, 7) is 3.16. The molecule has 0 aliphatic heterocycles. The van der Waals surface area contributed by atoms with Gasteiger partial charge in [0.25, 0.3) is 0 Å². The van der Waals surface area contributed by atoms with E-state index < -0.39 is 21.2 Å². The van der Waals surface area contributed by atoms with Crippen molar-refractivity contribution in [1.82, 2.24) is 0 Å². The summed E-state index contributed by atoms with van der Waals surface area (Å²) in [5, 5.41) is 8.97. The van der Waals surface area contributed by atoms with Crippen LogP contribution in [0.2, 0.25) is 5.02 Å². The molecule has 0 aromatic heterocycles. The van der Waals surface area contributed by atoms with Gasteiger partial charge in [-0.1, -0.05) is 17.7 Å². The fraction of sp³-hybridized carbons (Fsp3) is 0.455. The average Bonchev–Trinajstić information content (AvgIpc) is 2.16. The van der Waals surface area contributed by atoms with Crippen molar-refractivity contribution in [3.05, 3.63) is 29.3 Å². The van der Waals surface area contributed by atoms with Gasteiger partial charge in [-0.15, -0.1) is 0 Å². The highest BCUT2D eigenvalue weighted by atomic mass is 35.5. The third-order valence-corrected chi connectivity index (χ3v) is 4.73. The minimum Gasteiger partial charge on any atom is -0.393 e. The Morgan fingerprint density at radius 2 is 2.00 bits per heavy atom. The minimum absolute atomic E-state index is 0.202. The van der Waals surface area contributed by atoms with Crippen molar-refractivity contribution in [3.8, 4) is 0 Å². The largest absolute Gasteiger partial charge is 0.393 e. The molecular formula is C11H15ClO3S. The standard InChI is InChI=1S/C11H15ClO3S/c1-8(13)6-9(2)16(14,15)11-5-3-4-10(12)7-11/h3-5,7-9,13H,6H2,1-2H3. The van der Waals surface area contributed by atoms with E-state index in [4.69, 9.17) is 11.6 Å². The monoisotopic (exact) mass is 262 g/mol. The number of aliphatic hydroxyl groups is 1. The topological polar surface area (TPSA) is 54.4 Å². The highest BCUT2D eigenvalue weighted by Crippen LogP contribution is 2.22. The second-order valence-corrected chi connectivity index (χ2v) is 6.70. The highest BCUT2D eigenvalue weighted by molar-refractivity contribution is 7.92. The van der Waals surface area contributed by atoms with Crippen LogP contribution in [0.4, 0.5) is 0 Å². The summed E-state index contributed by atoms with van der Waals surface area (Å²) in [4.78, 5) is 0.202. The van der Waals surface area contributed by atoms with Crippen LogP contribution in [0.5, 0.6) is 0 Å². The van der Waals surface area contributed by atoms with Crippen LogP contribution in [0.3, 0.4) is 0 Å². The van der Waals surface area contributed by atoms with Gasteiger partial charge in [-0.05, 0) is 38.5 Å². The molecule has 16 heavy (non-hydrogen) atoms. The van der Waals surface area contributed by atoms with E-state index in [2.05, 4.69) is 0 Å². The number of benzene rings is 1. The van der Waals surface area contributed by atoms with Crippen LogP contribution >= 0.6 is 11.6 Å². The Bertz CT molecular complexity index is 454. The van der Waals surface area contributed by atoms with Gasteiger partial charge in [-0.3, -0.25) is 0 Å². The molecule has 0 radical (unpaired) electrons. The minimum atomic E-state index is -3.40. The lowest BCUT2D eigenvalue weighted by Crippen LogP contribution is -2.22. The molecule has 0 saturated carbocycles. The summed E-state index contributed by atoms with van der Waals surface area (Å²) in [5.41, 5.74) is 0. The van der Waals surface area contributed by atoms with Crippen molar-refractivity contribution in [1.29, 1.82) is 0 Å². The van der Waals surface area contributed by atoms with Gasteiger partial charge in [0, 0.05) is 5.02 Å². The van der Waals surface area contributed by atoms with Gasteiger partial charge in [-0.25, -0.2) is 8.42 Å². The van der Waals surface area contributed by atoms with E-state index in [0.717, 1.165) is 0 Å². The summed E-state index contributed by atoms with van der Waals surface area (Å²) >= 11 is 5.75. The molecule has 0 fully saturated rings. The lowest BCUT2D eigenvalue weighted by Gasteiger charge is -2.14. The normalized spacial score (nSPS) is 15.8. The number of halogens is 1. The molecule has 0 amide bonds. The van der Waals surface area contributed by atoms with Gasteiger partial charge in [-0.2, -0.15) is 0 Å². The van der Waals surface area contributed by atoms with Crippen LogP contribution in [0.25, 0.3) is 0 Å². The molecule has 0 aliphatic rings. The molecule has 5 heteroatoms. The average molecular weight is 263 g/mol. The van der Waals surface area contributed by atoms with Gasteiger partial charge >= 0.3 is 0 Å². The molecule has 0 heterocycles. The number of aliphatic hydroxyl groups excluding tert-OH is 1. The zero-order chi connectivity index (χ0) is 12.3. The predicted molar refractivity (Wildman–Crippen MR) is 64.4 cm³/mol. The Morgan fingerprint density at radius 1 is 1.38 bits per heavy atom. The smallest absolute Gasteiger partial charge is 0.181 e. The summed E-state index contributed by atoms with van der Waals surface area (Å²) in [6.07, 6.45) is -0.418. The predicted octanol–water partition coefficient (Wildman–Crippen LogP) is 2.27. The third-order valence-electron chi connectivity index (χ3n) is 2.33. The van der Waals surface area contributed by atoms with Crippen molar-refractivity contribution >= 4 is 21.4 Å². The van der Waals surface area contributed by atoms with Crippen molar-refractivity contribution in [3.63, 3.8) is 0 Å². The Labute approximate surface area is 101 Å². The van der Waals surface area contributed by atoms with Crippen molar-refractivity contribution in [2.24, 2.45) is 0 Å². The SMILES string of the molecule is CC(O)CC(C)S(=O)(=O)c1cccc(Cl)c1. The van der Waals surface area contributed by atoms with E-state index in [1.807, 2.05) is 0 Å². The van der Waals surface area contributed by atoms with Crippen LogP contribution in [0.1, 0.15) is 20.3 Å². The fourth-order valence-corrected chi connectivity index (χ4v) is 3.29. The number of rotatable bonds is 4. The maximum atomic E-state index is 12.1. The van der Waals surface area contributed by atoms with Crippen molar-refractivity contribution < 1.29 is 13.5 Å². The Morgan fingerprint density at radius 3 is 2.50 bits per heavy atom. The Kier molecular flexibility index (Phi) is 4.35. The Hall–Kier alpha value is -0.580. The summed E-state index contributed by atoms with van der Waals surface area (Å²) in [7, 11) is -3.40. The molecule has 90 valence electrons. The quantitative estimate of drug-likeness (QED) is 0.906. The van der Waals surface area contributed by atoms with Gasteiger partial charge in [0.1, 0.15) is 0 Å². The van der Waals surface area contributed by atoms with Crippen molar-refractivity contribution in [2.75, 3.05) is 0 Å². The zero-order valence-electron chi connectivity index (χ0n) is 9.22. The first kappa shape index (κ1) is 13.5. The number of sulfone groups is 1. The van der Waals surface area contributed by atoms with Crippen LogP contribution in [0.15, 0.2) is 29.2 Å². The van der Waals surface area contributed by atoms with Crippen LogP contribution < -0.4 is 0 Å². The van der Waals surface area contributed by atoms with E-state index in [1.54, 1.807) is 26.0 Å². The molecule has 0 saturated heterocycles. The maximum absolute atomic E-state index is 12.1. The molecule has 3 nitrogen and oxygen atoms in total. The lowest BCUT2D eigenvalue weighted by atomic mass is 10.2. The molecule has 1 aromatic rings. The highest BCUT2D eigenvalue weighted by Gasteiger charge is 2.24. The van der Waals surface area contributed by atoms with Gasteiger partial charge in [0.05, 0.1) is 16.2 Å². The van der Waals surface area contributed by atoms with Gasteiger partial charge in [0.15, 0.2) is 9.84 Å². The molecule has 1 aromatic carbocycles.